The molecule has 104 valence electrons. The third-order valence-electron chi connectivity index (χ3n) is 2.32. The lowest BCUT2D eigenvalue weighted by Crippen LogP contribution is -2.19. The molecule has 0 aromatic heterocycles. The molecule has 3 nitrogen and oxygen atoms in total. The van der Waals surface area contributed by atoms with E-state index >= 15 is 0 Å². The van der Waals surface area contributed by atoms with Crippen molar-refractivity contribution in [3.8, 4) is 0 Å². The SMILES string of the molecule is O=C(Nc1cc(Cl)cc(Cl)c1)Nc1cccc(Cl)c1Cl. The van der Waals surface area contributed by atoms with Crippen LogP contribution in [0.5, 0.6) is 0 Å². The zero-order valence-electron chi connectivity index (χ0n) is 9.88. The topological polar surface area (TPSA) is 41.1 Å². The number of carbonyl (C=O) groups excluding carboxylic acids is 1. The minimum Gasteiger partial charge on any atom is -0.308 e. The van der Waals surface area contributed by atoms with Crippen molar-refractivity contribution in [1.82, 2.24) is 0 Å². The summed E-state index contributed by atoms with van der Waals surface area (Å²) in [5, 5.41) is 6.66. The van der Waals surface area contributed by atoms with Crippen LogP contribution in [0.15, 0.2) is 36.4 Å². The van der Waals surface area contributed by atoms with Crippen molar-refractivity contribution < 1.29 is 4.79 Å². The van der Waals surface area contributed by atoms with Crippen LogP contribution in [0.4, 0.5) is 16.2 Å². The Bertz CT molecular complexity index is 641. The summed E-state index contributed by atoms with van der Waals surface area (Å²) in [6.07, 6.45) is 0. The molecular formula is C13H8Cl4N2O. The van der Waals surface area contributed by atoms with Crippen molar-refractivity contribution in [3.05, 3.63) is 56.5 Å². The van der Waals surface area contributed by atoms with Crippen LogP contribution in [0.2, 0.25) is 20.1 Å². The summed E-state index contributed by atoms with van der Waals surface area (Å²) in [6.45, 7) is 0. The van der Waals surface area contributed by atoms with E-state index in [0.29, 0.717) is 26.4 Å². The Morgan fingerprint density at radius 1 is 0.900 bits per heavy atom. The van der Waals surface area contributed by atoms with Crippen LogP contribution in [0.1, 0.15) is 0 Å². The van der Waals surface area contributed by atoms with Crippen molar-refractivity contribution in [2.75, 3.05) is 10.6 Å². The van der Waals surface area contributed by atoms with Gasteiger partial charge in [-0.25, -0.2) is 4.79 Å². The smallest absolute Gasteiger partial charge is 0.308 e. The van der Waals surface area contributed by atoms with Gasteiger partial charge >= 0.3 is 6.03 Å². The van der Waals surface area contributed by atoms with Gasteiger partial charge in [-0.15, -0.1) is 0 Å². The van der Waals surface area contributed by atoms with Crippen LogP contribution in [0, 0.1) is 0 Å². The van der Waals surface area contributed by atoms with Crippen molar-refractivity contribution >= 4 is 63.8 Å². The Hall–Kier alpha value is -1.13. The van der Waals surface area contributed by atoms with E-state index in [4.69, 9.17) is 46.4 Å². The predicted octanol–water partition coefficient (Wildman–Crippen LogP) is 5.94. The van der Waals surface area contributed by atoms with Gasteiger partial charge in [0, 0.05) is 15.7 Å². The summed E-state index contributed by atoms with van der Waals surface area (Å²) < 4.78 is 0. The Morgan fingerprint density at radius 2 is 1.55 bits per heavy atom. The largest absolute Gasteiger partial charge is 0.323 e. The van der Waals surface area contributed by atoms with Crippen LogP contribution < -0.4 is 10.6 Å². The maximum atomic E-state index is 11.9. The molecule has 0 aliphatic heterocycles. The van der Waals surface area contributed by atoms with E-state index in [0.717, 1.165) is 0 Å². The minimum absolute atomic E-state index is 0.272. The summed E-state index contributed by atoms with van der Waals surface area (Å²) >= 11 is 23.5. The summed E-state index contributed by atoms with van der Waals surface area (Å²) in [7, 11) is 0. The molecule has 0 bridgehead atoms. The van der Waals surface area contributed by atoms with Gasteiger partial charge in [0.15, 0.2) is 0 Å². The van der Waals surface area contributed by atoms with Crippen molar-refractivity contribution in [3.63, 3.8) is 0 Å². The monoisotopic (exact) mass is 348 g/mol. The third-order valence-corrected chi connectivity index (χ3v) is 3.58. The van der Waals surface area contributed by atoms with Gasteiger partial charge in [-0.05, 0) is 30.3 Å². The van der Waals surface area contributed by atoms with Gasteiger partial charge in [-0.3, -0.25) is 0 Å². The number of hydrogen-bond acceptors (Lipinski definition) is 1. The Kier molecular flexibility index (Phi) is 5.00. The molecular weight excluding hydrogens is 342 g/mol. The lowest BCUT2D eigenvalue weighted by Gasteiger charge is -2.10. The maximum absolute atomic E-state index is 11.9. The molecule has 2 aromatic rings. The predicted molar refractivity (Wildman–Crippen MR) is 85.6 cm³/mol. The highest BCUT2D eigenvalue weighted by Crippen LogP contribution is 2.29. The molecule has 0 fully saturated rings. The Labute approximate surface area is 135 Å². The molecule has 0 aliphatic rings. The van der Waals surface area contributed by atoms with E-state index < -0.39 is 6.03 Å². The first kappa shape index (κ1) is 15.3. The van der Waals surface area contributed by atoms with E-state index in [9.17, 15) is 4.79 Å². The molecule has 0 heterocycles. The fraction of sp³-hybridized carbons (Fsp3) is 0. The quantitative estimate of drug-likeness (QED) is 0.691. The first-order valence-electron chi connectivity index (χ1n) is 5.44. The molecule has 2 N–H and O–H groups in total. The number of hydrogen-bond donors (Lipinski definition) is 2. The second-order valence-corrected chi connectivity index (χ2v) is 5.50. The second-order valence-electron chi connectivity index (χ2n) is 3.84. The standard InChI is InChI=1S/C13H8Cl4N2O/c14-7-4-8(15)6-9(5-7)18-13(20)19-11-3-1-2-10(16)12(11)17/h1-6H,(H2,18,19,20). The number of anilines is 2. The fourth-order valence-corrected chi connectivity index (χ4v) is 2.38. The fourth-order valence-electron chi connectivity index (χ4n) is 1.51. The molecule has 0 aliphatic carbocycles. The molecule has 20 heavy (non-hydrogen) atoms. The van der Waals surface area contributed by atoms with Gasteiger partial charge in [0.25, 0.3) is 0 Å². The first-order chi connectivity index (χ1) is 9.45. The average Bonchev–Trinajstić information content (AvgIpc) is 2.33. The van der Waals surface area contributed by atoms with E-state index in [1.807, 2.05) is 0 Å². The third kappa shape index (κ3) is 3.93. The number of benzene rings is 2. The maximum Gasteiger partial charge on any atom is 0.323 e. The number of halogens is 4. The highest BCUT2D eigenvalue weighted by atomic mass is 35.5. The van der Waals surface area contributed by atoms with Crippen molar-refractivity contribution in [1.29, 1.82) is 0 Å². The van der Waals surface area contributed by atoms with Crippen molar-refractivity contribution in [2.24, 2.45) is 0 Å². The van der Waals surface area contributed by atoms with Gasteiger partial charge in [-0.2, -0.15) is 0 Å². The van der Waals surface area contributed by atoms with E-state index in [2.05, 4.69) is 10.6 Å². The molecule has 7 heteroatoms. The average molecular weight is 350 g/mol. The summed E-state index contributed by atoms with van der Waals surface area (Å²) in [5.41, 5.74) is 0.878. The molecule has 0 saturated carbocycles. The lowest BCUT2D eigenvalue weighted by atomic mass is 10.3. The van der Waals surface area contributed by atoms with E-state index in [1.54, 1.807) is 36.4 Å². The summed E-state index contributed by atoms with van der Waals surface area (Å²) in [4.78, 5) is 11.9. The van der Waals surface area contributed by atoms with Crippen molar-refractivity contribution in [2.45, 2.75) is 0 Å². The molecule has 2 aromatic carbocycles. The van der Waals surface area contributed by atoms with Gasteiger partial charge < -0.3 is 10.6 Å². The van der Waals surface area contributed by atoms with Gasteiger partial charge in [0.2, 0.25) is 0 Å². The molecule has 0 spiro atoms. The number of amides is 2. The highest BCUT2D eigenvalue weighted by Gasteiger charge is 2.09. The molecule has 0 saturated heterocycles. The van der Waals surface area contributed by atoms with E-state index in [1.165, 1.54) is 0 Å². The first-order valence-corrected chi connectivity index (χ1v) is 6.95. The number of rotatable bonds is 2. The zero-order chi connectivity index (χ0) is 14.7. The molecule has 2 amide bonds. The van der Waals surface area contributed by atoms with Gasteiger partial charge in [0.1, 0.15) is 0 Å². The number of nitrogens with one attached hydrogen (secondary N) is 2. The Balaban J connectivity index is 2.11. The molecule has 0 atom stereocenters. The van der Waals surface area contributed by atoms with Crippen LogP contribution in [-0.4, -0.2) is 6.03 Å². The van der Waals surface area contributed by atoms with Crippen LogP contribution in [0.25, 0.3) is 0 Å². The van der Waals surface area contributed by atoms with Gasteiger partial charge in [-0.1, -0.05) is 52.5 Å². The Morgan fingerprint density at radius 3 is 2.20 bits per heavy atom. The number of urea groups is 1. The highest BCUT2D eigenvalue weighted by molar-refractivity contribution is 6.44. The summed E-state index contributed by atoms with van der Waals surface area (Å²) in [6, 6.07) is 9.19. The molecule has 0 unspecified atom stereocenters. The normalized spacial score (nSPS) is 10.2. The zero-order valence-corrected chi connectivity index (χ0v) is 12.9. The van der Waals surface area contributed by atoms with Crippen LogP contribution >= 0.6 is 46.4 Å². The van der Waals surface area contributed by atoms with E-state index in [-0.39, 0.29) is 5.02 Å². The van der Waals surface area contributed by atoms with Gasteiger partial charge in [0.05, 0.1) is 15.7 Å². The summed E-state index contributed by atoms with van der Waals surface area (Å²) in [5.74, 6) is 0. The minimum atomic E-state index is -0.479. The van der Waals surface area contributed by atoms with Crippen LogP contribution in [0.3, 0.4) is 0 Å². The number of carbonyl (C=O) groups is 1. The molecule has 2 rings (SSSR count). The lowest BCUT2D eigenvalue weighted by molar-refractivity contribution is 0.262. The molecule has 0 radical (unpaired) electrons. The van der Waals surface area contributed by atoms with Crippen LogP contribution in [-0.2, 0) is 0 Å². The second kappa shape index (κ2) is 6.55.